The monoisotopic (exact) mass is 405 g/mol. The van der Waals surface area contributed by atoms with Gasteiger partial charge in [0, 0.05) is 19.0 Å². The zero-order valence-electron chi connectivity index (χ0n) is 17.1. The number of carbonyl (C=O) groups is 4. The van der Waals surface area contributed by atoms with Gasteiger partial charge in [0.25, 0.3) is 5.91 Å². The maximum absolute atomic E-state index is 12.4. The zero-order valence-corrected chi connectivity index (χ0v) is 17.1. The molecule has 1 aromatic rings. The number of carbonyl (C=O) groups excluding carboxylic acids is 4. The molecule has 0 aliphatic carbocycles. The Bertz CT molecular complexity index is 792. The largest absolute Gasteiger partial charge is 0.495 e. The third-order valence-corrected chi connectivity index (χ3v) is 4.32. The molecule has 9 nitrogen and oxygen atoms in total. The Balaban J connectivity index is 1.87. The number of rotatable bonds is 8. The van der Waals surface area contributed by atoms with Crippen LogP contribution in [-0.2, 0) is 23.9 Å². The molecule has 0 spiro atoms. The van der Waals surface area contributed by atoms with Crippen LogP contribution in [0.3, 0.4) is 0 Å². The fourth-order valence-electron chi connectivity index (χ4n) is 2.97. The first-order chi connectivity index (χ1) is 13.7. The third-order valence-electron chi connectivity index (χ3n) is 4.32. The minimum Gasteiger partial charge on any atom is -0.495 e. The van der Waals surface area contributed by atoms with Gasteiger partial charge in [-0.25, -0.2) is 0 Å². The van der Waals surface area contributed by atoms with Crippen LogP contribution in [0.15, 0.2) is 18.2 Å². The summed E-state index contributed by atoms with van der Waals surface area (Å²) in [6.45, 7) is 4.95. The third kappa shape index (κ3) is 6.20. The summed E-state index contributed by atoms with van der Waals surface area (Å²) in [5, 5.41) is 5.01. The summed E-state index contributed by atoms with van der Waals surface area (Å²) in [5.41, 5.74) is 1.56. The van der Waals surface area contributed by atoms with Crippen LogP contribution in [-0.4, -0.2) is 56.5 Å². The van der Waals surface area contributed by atoms with Gasteiger partial charge in [0.05, 0.1) is 25.3 Å². The number of ether oxygens (including phenoxy) is 2. The number of nitrogens with one attached hydrogen (secondary N) is 2. The van der Waals surface area contributed by atoms with Crippen molar-refractivity contribution < 1.29 is 28.7 Å². The van der Waals surface area contributed by atoms with Gasteiger partial charge >= 0.3 is 5.97 Å². The van der Waals surface area contributed by atoms with Crippen molar-refractivity contribution in [3.8, 4) is 5.75 Å². The molecule has 0 radical (unpaired) electrons. The fourth-order valence-corrected chi connectivity index (χ4v) is 2.97. The smallest absolute Gasteiger partial charge is 0.311 e. The summed E-state index contributed by atoms with van der Waals surface area (Å²) in [6.07, 6.45) is -0.00561. The Kier molecular flexibility index (Phi) is 7.58. The van der Waals surface area contributed by atoms with Crippen molar-refractivity contribution in [3.05, 3.63) is 23.8 Å². The maximum atomic E-state index is 12.4. The molecular formula is C20H27N3O6. The zero-order chi connectivity index (χ0) is 21.6. The number of amides is 3. The predicted octanol–water partition coefficient (Wildman–Crippen LogP) is 0.541. The van der Waals surface area contributed by atoms with E-state index in [-0.39, 0.29) is 37.4 Å². The minimum absolute atomic E-state index is 0.00561. The molecule has 1 heterocycles. The van der Waals surface area contributed by atoms with E-state index in [1.54, 1.807) is 19.9 Å². The number of aryl methyl sites for hydroxylation is 1. The summed E-state index contributed by atoms with van der Waals surface area (Å²) in [6, 6.07) is 5.42. The van der Waals surface area contributed by atoms with Crippen LogP contribution in [0.2, 0.25) is 0 Å². The first-order valence-electron chi connectivity index (χ1n) is 9.39. The average Bonchev–Trinajstić information content (AvgIpc) is 3.05. The van der Waals surface area contributed by atoms with Crippen LogP contribution in [0, 0.1) is 12.8 Å². The number of methoxy groups -OCH3 is 1. The van der Waals surface area contributed by atoms with E-state index in [0.29, 0.717) is 11.4 Å². The molecule has 1 aromatic carbocycles. The lowest BCUT2D eigenvalue weighted by atomic mass is 10.1. The molecular weight excluding hydrogens is 378 g/mol. The summed E-state index contributed by atoms with van der Waals surface area (Å²) in [7, 11) is 1.51. The standard InChI is InChI=1S/C20H27N3O6/c1-12(2)22-17(24)9-21-18(25)11-29-20(27)14-8-19(26)23(10-14)15-7-13(3)5-6-16(15)28-4/h5-7,12,14H,8-11H2,1-4H3,(H,21,25)(H,22,24)/t14-/m1/s1. The van der Waals surface area contributed by atoms with Gasteiger partial charge in [-0.2, -0.15) is 0 Å². The molecule has 1 fully saturated rings. The van der Waals surface area contributed by atoms with Gasteiger partial charge in [-0.1, -0.05) is 6.07 Å². The summed E-state index contributed by atoms with van der Waals surface area (Å²) >= 11 is 0. The van der Waals surface area contributed by atoms with Gasteiger partial charge in [-0.05, 0) is 38.5 Å². The van der Waals surface area contributed by atoms with Crippen LogP contribution in [0.5, 0.6) is 5.75 Å². The van der Waals surface area contributed by atoms with Crippen LogP contribution in [0.25, 0.3) is 0 Å². The van der Waals surface area contributed by atoms with E-state index in [1.807, 2.05) is 19.1 Å². The molecule has 0 unspecified atom stereocenters. The Labute approximate surface area is 169 Å². The van der Waals surface area contributed by atoms with Crippen LogP contribution >= 0.6 is 0 Å². The van der Waals surface area contributed by atoms with E-state index in [2.05, 4.69) is 10.6 Å². The van der Waals surface area contributed by atoms with Crippen molar-refractivity contribution in [2.24, 2.45) is 5.92 Å². The van der Waals surface area contributed by atoms with Crippen LogP contribution in [0.1, 0.15) is 25.8 Å². The van der Waals surface area contributed by atoms with Crippen molar-refractivity contribution in [2.45, 2.75) is 33.2 Å². The molecule has 2 N–H and O–H groups in total. The minimum atomic E-state index is -0.676. The van der Waals surface area contributed by atoms with E-state index >= 15 is 0 Å². The Morgan fingerprint density at radius 1 is 1.24 bits per heavy atom. The SMILES string of the molecule is COc1ccc(C)cc1N1C[C@H](C(=O)OCC(=O)NCC(=O)NC(C)C)CC1=O. The molecule has 1 saturated heterocycles. The topological polar surface area (TPSA) is 114 Å². The van der Waals surface area contributed by atoms with E-state index in [9.17, 15) is 19.2 Å². The van der Waals surface area contributed by atoms with Crippen molar-refractivity contribution >= 4 is 29.4 Å². The number of hydrogen-bond donors (Lipinski definition) is 2. The fraction of sp³-hybridized carbons (Fsp3) is 0.500. The Hall–Kier alpha value is -3.10. The Morgan fingerprint density at radius 2 is 1.97 bits per heavy atom. The first-order valence-corrected chi connectivity index (χ1v) is 9.39. The van der Waals surface area contributed by atoms with Crippen LogP contribution < -0.4 is 20.3 Å². The molecule has 3 amide bonds. The van der Waals surface area contributed by atoms with E-state index < -0.39 is 24.4 Å². The number of benzene rings is 1. The second kappa shape index (κ2) is 9.90. The predicted molar refractivity (Wildman–Crippen MR) is 105 cm³/mol. The highest BCUT2D eigenvalue weighted by molar-refractivity contribution is 6.00. The molecule has 158 valence electrons. The molecule has 9 heteroatoms. The molecule has 1 aliphatic rings. The van der Waals surface area contributed by atoms with Gasteiger partial charge in [0.1, 0.15) is 5.75 Å². The van der Waals surface area contributed by atoms with Crippen molar-refractivity contribution in [2.75, 3.05) is 31.7 Å². The molecule has 1 atom stereocenters. The van der Waals surface area contributed by atoms with Crippen molar-refractivity contribution in [1.82, 2.24) is 10.6 Å². The van der Waals surface area contributed by atoms with Gasteiger partial charge in [0.2, 0.25) is 11.8 Å². The normalized spacial score (nSPS) is 16.0. The number of hydrogen-bond acceptors (Lipinski definition) is 6. The number of anilines is 1. The first kappa shape index (κ1) is 22.2. The molecule has 0 saturated carbocycles. The quantitative estimate of drug-likeness (QED) is 0.610. The highest BCUT2D eigenvalue weighted by atomic mass is 16.5. The van der Waals surface area contributed by atoms with Crippen LogP contribution in [0.4, 0.5) is 5.69 Å². The van der Waals surface area contributed by atoms with E-state index in [0.717, 1.165) is 5.56 Å². The number of esters is 1. The molecule has 29 heavy (non-hydrogen) atoms. The second-order valence-corrected chi connectivity index (χ2v) is 7.19. The van der Waals surface area contributed by atoms with Gasteiger partial charge in [-0.15, -0.1) is 0 Å². The van der Waals surface area contributed by atoms with Gasteiger partial charge in [-0.3, -0.25) is 19.2 Å². The van der Waals surface area contributed by atoms with Gasteiger partial charge < -0.3 is 25.0 Å². The lowest BCUT2D eigenvalue weighted by Crippen LogP contribution is -2.41. The van der Waals surface area contributed by atoms with Gasteiger partial charge in [0.15, 0.2) is 6.61 Å². The van der Waals surface area contributed by atoms with E-state index in [4.69, 9.17) is 9.47 Å². The molecule has 0 aromatic heterocycles. The Morgan fingerprint density at radius 3 is 2.62 bits per heavy atom. The summed E-state index contributed by atoms with van der Waals surface area (Å²) in [4.78, 5) is 49.5. The highest BCUT2D eigenvalue weighted by Crippen LogP contribution is 2.34. The summed E-state index contributed by atoms with van der Waals surface area (Å²) < 4.78 is 10.3. The molecule has 0 bridgehead atoms. The maximum Gasteiger partial charge on any atom is 0.311 e. The summed E-state index contributed by atoms with van der Waals surface area (Å²) in [5.74, 6) is -1.90. The highest BCUT2D eigenvalue weighted by Gasteiger charge is 2.37. The second-order valence-electron chi connectivity index (χ2n) is 7.19. The van der Waals surface area contributed by atoms with Crippen molar-refractivity contribution in [1.29, 1.82) is 0 Å². The molecule has 1 aliphatic heterocycles. The van der Waals surface area contributed by atoms with E-state index in [1.165, 1.54) is 12.0 Å². The lowest BCUT2D eigenvalue weighted by molar-refractivity contribution is -0.152. The number of nitrogens with zero attached hydrogens (tertiary/aromatic N) is 1. The lowest BCUT2D eigenvalue weighted by Gasteiger charge is -2.20. The van der Waals surface area contributed by atoms with Crippen molar-refractivity contribution in [3.63, 3.8) is 0 Å². The molecule has 2 rings (SSSR count). The average molecular weight is 405 g/mol.